The van der Waals surface area contributed by atoms with Gasteiger partial charge in [-0.25, -0.2) is 4.39 Å². The minimum atomic E-state index is -0.312. The highest BCUT2D eigenvalue weighted by Crippen LogP contribution is 2.16. The largest absolute Gasteiger partial charge is 0.306 e. The van der Waals surface area contributed by atoms with Gasteiger partial charge in [0.1, 0.15) is 5.82 Å². The monoisotopic (exact) mass is 264 g/mol. The second-order valence-corrected chi connectivity index (χ2v) is 4.60. The Bertz CT molecular complexity index is 496. The van der Waals surface area contributed by atoms with Crippen molar-refractivity contribution in [3.63, 3.8) is 0 Å². The van der Waals surface area contributed by atoms with Gasteiger partial charge in [-0.15, -0.1) is 0 Å². The lowest BCUT2D eigenvalue weighted by Gasteiger charge is -2.14. The Morgan fingerprint density at radius 3 is 2.89 bits per heavy atom. The van der Waals surface area contributed by atoms with Crippen molar-refractivity contribution in [3.8, 4) is 0 Å². The highest BCUT2D eigenvalue weighted by Gasteiger charge is 2.05. The highest BCUT2D eigenvalue weighted by molar-refractivity contribution is 6.30. The summed E-state index contributed by atoms with van der Waals surface area (Å²) in [6.07, 6.45) is 3.55. The van der Waals surface area contributed by atoms with E-state index in [0.717, 1.165) is 11.1 Å². The third-order valence-corrected chi connectivity index (χ3v) is 2.94. The maximum absolute atomic E-state index is 13.2. The number of aromatic nitrogens is 1. The van der Waals surface area contributed by atoms with Crippen LogP contribution in [0.5, 0.6) is 0 Å². The molecule has 2 aromatic rings. The average Bonchev–Trinajstić information content (AvgIpc) is 2.36. The van der Waals surface area contributed by atoms with Crippen molar-refractivity contribution in [2.45, 2.75) is 19.5 Å². The van der Waals surface area contributed by atoms with E-state index in [9.17, 15) is 4.39 Å². The molecule has 1 N–H and O–H groups in total. The molecule has 2 nitrogen and oxygen atoms in total. The summed E-state index contributed by atoms with van der Waals surface area (Å²) in [5, 5.41) is 3.72. The van der Waals surface area contributed by atoms with E-state index in [1.807, 2.05) is 25.3 Å². The lowest BCUT2D eigenvalue weighted by molar-refractivity contribution is 0.568. The third-order valence-electron chi connectivity index (χ3n) is 2.72. The Morgan fingerprint density at radius 2 is 2.22 bits per heavy atom. The summed E-state index contributed by atoms with van der Waals surface area (Å²) in [7, 11) is 0. The van der Waals surface area contributed by atoms with Gasteiger partial charge in [0.2, 0.25) is 0 Å². The van der Waals surface area contributed by atoms with Crippen molar-refractivity contribution in [1.29, 1.82) is 0 Å². The van der Waals surface area contributed by atoms with Crippen LogP contribution in [-0.2, 0) is 6.54 Å². The molecule has 0 amide bonds. The fourth-order valence-corrected chi connectivity index (χ4v) is 1.98. The first kappa shape index (κ1) is 13.0. The molecule has 4 heteroatoms. The molecule has 0 saturated heterocycles. The average molecular weight is 265 g/mol. The molecule has 1 atom stereocenters. The smallest absolute Gasteiger partial charge is 0.125 e. The van der Waals surface area contributed by atoms with Crippen molar-refractivity contribution in [2.75, 3.05) is 0 Å². The predicted molar refractivity (Wildman–Crippen MR) is 70.9 cm³/mol. The van der Waals surface area contributed by atoms with Gasteiger partial charge in [0.05, 0.1) is 0 Å². The molecular formula is C14H14ClFN2. The van der Waals surface area contributed by atoms with E-state index in [2.05, 4.69) is 10.3 Å². The molecule has 94 valence electrons. The first-order chi connectivity index (χ1) is 8.65. The number of hydrogen-bond donors (Lipinski definition) is 1. The fourth-order valence-electron chi connectivity index (χ4n) is 1.73. The van der Waals surface area contributed by atoms with Crippen LogP contribution in [0, 0.1) is 5.82 Å². The zero-order chi connectivity index (χ0) is 13.0. The molecule has 0 unspecified atom stereocenters. The molecule has 0 radical (unpaired) electrons. The van der Waals surface area contributed by atoms with Crippen molar-refractivity contribution in [2.24, 2.45) is 0 Å². The maximum Gasteiger partial charge on any atom is 0.125 e. The zero-order valence-corrected chi connectivity index (χ0v) is 10.8. The van der Waals surface area contributed by atoms with E-state index >= 15 is 0 Å². The standard InChI is InChI=1S/C14H14ClFN2/c1-10(12-3-2-4-17-9-12)18-8-11-5-13(15)7-14(16)6-11/h2-7,9-10,18H,8H2,1H3/t10-/m0/s1. The second-order valence-electron chi connectivity index (χ2n) is 4.17. The number of nitrogens with zero attached hydrogens (tertiary/aromatic N) is 1. The molecule has 0 aliphatic carbocycles. The summed E-state index contributed by atoms with van der Waals surface area (Å²) in [5.41, 5.74) is 1.93. The lowest BCUT2D eigenvalue weighted by Crippen LogP contribution is -2.18. The van der Waals surface area contributed by atoms with Crippen LogP contribution in [0.4, 0.5) is 4.39 Å². The van der Waals surface area contributed by atoms with E-state index in [4.69, 9.17) is 11.6 Å². The van der Waals surface area contributed by atoms with Crippen LogP contribution in [0.1, 0.15) is 24.1 Å². The van der Waals surface area contributed by atoms with Crippen LogP contribution in [0.25, 0.3) is 0 Å². The van der Waals surface area contributed by atoms with E-state index in [-0.39, 0.29) is 11.9 Å². The normalized spacial score (nSPS) is 12.4. The maximum atomic E-state index is 13.2. The van der Waals surface area contributed by atoms with Crippen molar-refractivity contribution >= 4 is 11.6 Å². The van der Waals surface area contributed by atoms with Crippen LogP contribution in [-0.4, -0.2) is 4.98 Å². The van der Waals surface area contributed by atoms with Gasteiger partial charge >= 0.3 is 0 Å². The minimum absolute atomic E-state index is 0.153. The predicted octanol–water partition coefficient (Wildman–Crippen LogP) is 3.72. The van der Waals surface area contributed by atoms with Crippen molar-refractivity contribution < 1.29 is 4.39 Å². The highest BCUT2D eigenvalue weighted by atomic mass is 35.5. The first-order valence-corrected chi connectivity index (χ1v) is 6.11. The minimum Gasteiger partial charge on any atom is -0.306 e. The summed E-state index contributed by atoms with van der Waals surface area (Å²) < 4.78 is 13.2. The van der Waals surface area contributed by atoms with Gasteiger partial charge in [-0.05, 0) is 42.3 Å². The Morgan fingerprint density at radius 1 is 1.39 bits per heavy atom. The molecule has 0 spiro atoms. The van der Waals surface area contributed by atoms with Crippen molar-refractivity contribution in [3.05, 3.63) is 64.7 Å². The molecule has 0 aliphatic rings. The summed E-state index contributed by atoms with van der Waals surface area (Å²) in [4.78, 5) is 4.07. The molecule has 18 heavy (non-hydrogen) atoms. The van der Waals surface area contributed by atoms with Gasteiger partial charge in [0.25, 0.3) is 0 Å². The SMILES string of the molecule is C[C@H](NCc1cc(F)cc(Cl)c1)c1cccnc1. The molecule has 0 saturated carbocycles. The molecular weight excluding hydrogens is 251 g/mol. The Kier molecular flexibility index (Phi) is 4.28. The number of hydrogen-bond acceptors (Lipinski definition) is 2. The Hall–Kier alpha value is -1.45. The van der Waals surface area contributed by atoms with Crippen LogP contribution in [0.3, 0.4) is 0 Å². The fraction of sp³-hybridized carbons (Fsp3) is 0.214. The van der Waals surface area contributed by atoms with E-state index < -0.39 is 0 Å². The number of pyridine rings is 1. The first-order valence-electron chi connectivity index (χ1n) is 5.73. The summed E-state index contributed by atoms with van der Waals surface area (Å²) >= 11 is 5.80. The van der Waals surface area contributed by atoms with Crippen LogP contribution < -0.4 is 5.32 Å². The number of nitrogens with one attached hydrogen (secondary N) is 1. The topological polar surface area (TPSA) is 24.9 Å². The van der Waals surface area contributed by atoms with Crippen LogP contribution in [0.15, 0.2) is 42.7 Å². The number of benzene rings is 1. The van der Waals surface area contributed by atoms with Gasteiger partial charge in [0.15, 0.2) is 0 Å². The number of halogens is 2. The van der Waals surface area contributed by atoms with Gasteiger partial charge in [-0.2, -0.15) is 0 Å². The van der Waals surface area contributed by atoms with Gasteiger partial charge in [0, 0.05) is 30.0 Å². The van der Waals surface area contributed by atoms with Gasteiger partial charge in [-0.3, -0.25) is 4.98 Å². The molecule has 0 fully saturated rings. The van der Waals surface area contributed by atoms with Crippen molar-refractivity contribution in [1.82, 2.24) is 10.3 Å². The second kappa shape index (κ2) is 5.94. The Balaban J connectivity index is 1.99. The van der Waals surface area contributed by atoms with Crippen LogP contribution >= 0.6 is 11.6 Å². The Labute approximate surface area is 111 Å². The lowest BCUT2D eigenvalue weighted by atomic mass is 10.1. The third kappa shape index (κ3) is 3.52. The number of rotatable bonds is 4. The summed E-state index contributed by atoms with van der Waals surface area (Å²) in [5.74, 6) is -0.312. The molecule has 1 aromatic heterocycles. The van der Waals surface area contributed by atoms with E-state index in [1.54, 1.807) is 12.3 Å². The summed E-state index contributed by atoms with van der Waals surface area (Å²) in [6, 6.07) is 8.59. The molecule has 2 rings (SSSR count). The molecule has 0 aliphatic heterocycles. The molecule has 1 aromatic carbocycles. The van der Waals surface area contributed by atoms with E-state index in [0.29, 0.717) is 11.6 Å². The van der Waals surface area contributed by atoms with Gasteiger partial charge < -0.3 is 5.32 Å². The quantitative estimate of drug-likeness (QED) is 0.910. The van der Waals surface area contributed by atoms with E-state index in [1.165, 1.54) is 12.1 Å². The van der Waals surface area contributed by atoms with Crippen LogP contribution in [0.2, 0.25) is 5.02 Å². The zero-order valence-electron chi connectivity index (χ0n) is 10.0. The molecule has 0 bridgehead atoms. The summed E-state index contributed by atoms with van der Waals surface area (Å²) in [6.45, 7) is 2.60. The van der Waals surface area contributed by atoms with Gasteiger partial charge in [-0.1, -0.05) is 17.7 Å². The molecule has 1 heterocycles.